The molecule has 7 heteroatoms. The molecule has 1 aliphatic heterocycles. The van der Waals surface area contributed by atoms with Crippen molar-refractivity contribution < 1.29 is 13.2 Å². The van der Waals surface area contributed by atoms with Gasteiger partial charge < -0.3 is 10.1 Å². The van der Waals surface area contributed by atoms with Gasteiger partial charge in [0, 0.05) is 14.1 Å². The molecule has 1 fully saturated rings. The van der Waals surface area contributed by atoms with E-state index >= 15 is 0 Å². The number of nitrogens with one attached hydrogen (secondary N) is 1. The summed E-state index contributed by atoms with van der Waals surface area (Å²) < 4.78 is 30.9. The zero-order valence-electron chi connectivity index (χ0n) is 11.7. The summed E-state index contributed by atoms with van der Waals surface area (Å²) in [6.45, 7) is 1.94. The molecule has 1 aliphatic rings. The highest BCUT2D eigenvalue weighted by molar-refractivity contribution is 7.89. The van der Waals surface area contributed by atoms with E-state index in [2.05, 4.69) is 5.32 Å². The van der Waals surface area contributed by atoms with Crippen molar-refractivity contribution in [3.8, 4) is 5.75 Å². The fraction of sp³-hybridized carbons (Fsp3) is 0.538. The lowest BCUT2D eigenvalue weighted by Crippen LogP contribution is -2.34. The van der Waals surface area contributed by atoms with Gasteiger partial charge in [-0.15, -0.1) is 12.4 Å². The predicted octanol–water partition coefficient (Wildman–Crippen LogP) is 1.49. The summed E-state index contributed by atoms with van der Waals surface area (Å²) in [7, 11) is -0.314. The van der Waals surface area contributed by atoms with Crippen molar-refractivity contribution in [3.05, 3.63) is 24.3 Å². The highest BCUT2D eigenvalue weighted by Crippen LogP contribution is 2.20. The maximum Gasteiger partial charge on any atom is 0.242 e. The molecule has 0 aromatic heterocycles. The molecule has 1 aromatic carbocycles. The van der Waals surface area contributed by atoms with E-state index in [1.807, 2.05) is 0 Å². The summed E-state index contributed by atoms with van der Waals surface area (Å²) in [5.41, 5.74) is 0. The first-order valence-electron chi connectivity index (χ1n) is 6.40. The maximum absolute atomic E-state index is 11.9. The number of nitrogens with zero attached hydrogens (tertiary/aromatic N) is 1. The van der Waals surface area contributed by atoms with Crippen LogP contribution in [0.5, 0.6) is 5.75 Å². The molecule has 1 aromatic rings. The van der Waals surface area contributed by atoms with Crippen LogP contribution in [0.1, 0.15) is 12.8 Å². The Morgan fingerprint density at radius 3 is 2.20 bits per heavy atom. The van der Waals surface area contributed by atoms with Gasteiger partial charge >= 0.3 is 0 Å². The minimum absolute atomic E-state index is 0. The van der Waals surface area contributed by atoms with Gasteiger partial charge in [-0.2, -0.15) is 0 Å². The summed E-state index contributed by atoms with van der Waals surface area (Å²) in [5.74, 6) is 0.726. The minimum atomic E-state index is -3.36. The van der Waals surface area contributed by atoms with Gasteiger partial charge in [0.2, 0.25) is 10.0 Å². The number of piperidine rings is 1. The third-order valence-electron chi connectivity index (χ3n) is 3.19. The first-order valence-corrected chi connectivity index (χ1v) is 7.84. The van der Waals surface area contributed by atoms with Gasteiger partial charge in [0.05, 0.1) is 4.90 Å². The molecule has 0 atom stereocenters. The molecule has 1 N–H and O–H groups in total. The van der Waals surface area contributed by atoms with E-state index in [0.717, 1.165) is 31.7 Å². The normalized spacial score (nSPS) is 16.8. The second kappa shape index (κ2) is 7.26. The SMILES string of the molecule is CN(C)S(=O)(=O)c1ccc(OC2CCNCC2)cc1.Cl. The third-order valence-corrected chi connectivity index (χ3v) is 5.02. The third kappa shape index (κ3) is 4.09. The second-order valence-electron chi connectivity index (χ2n) is 4.83. The van der Waals surface area contributed by atoms with Crippen molar-refractivity contribution in [3.63, 3.8) is 0 Å². The topological polar surface area (TPSA) is 58.6 Å². The molecule has 20 heavy (non-hydrogen) atoms. The molecule has 1 saturated heterocycles. The molecule has 1 heterocycles. The molecule has 5 nitrogen and oxygen atoms in total. The van der Waals surface area contributed by atoms with E-state index in [1.54, 1.807) is 24.3 Å². The standard InChI is InChI=1S/C13H20N2O3S.ClH/c1-15(2)19(16,17)13-5-3-11(4-6-13)18-12-7-9-14-10-8-12;/h3-6,12,14H,7-10H2,1-2H3;1H. The fourth-order valence-electron chi connectivity index (χ4n) is 2.01. The van der Waals surface area contributed by atoms with E-state index in [-0.39, 0.29) is 23.4 Å². The van der Waals surface area contributed by atoms with Gasteiger partial charge in [-0.1, -0.05) is 0 Å². The van der Waals surface area contributed by atoms with Crippen LogP contribution in [-0.4, -0.2) is 46.0 Å². The average molecular weight is 321 g/mol. The monoisotopic (exact) mass is 320 g/mol. The number of ether oxygens (including phenoxy) is 1. The van der Waals surface area contributed by atoms with Crippen LogP contribution >= 0.6 is 12.4 Å². The summed E-state index contributed by atoms with van der Waals surface area (Å²) in [6.07, 6.45) is 2.19. The molecular formula is C13H21ClN2O3S. The van der Waals surface area contributed by atoms with Crippen molar-refractivity contribution in [1.82, 2.24) is 9.62 Å². The minimum Gasteiger partial charge on any atom is -0.490 e. The number of sulfonamides is 1. The van der Waals surface area contributed by atoms with Gasteiger partial charge in [0.15, 0.2) is 0 Å². The quantitative estimate of drug-likeness (QED) is 0.913. The number of hydrogen-bond acceptors (Lipinski definition) is 4. The zero-order valence-corrected chi connectivity index (χ0v) is 13.3. The Morgan fingerprint density at radius 1 is 1.15 bits per heavy atom. The molecule has 114 valence electrons. The Labute approximate surface area is 126 Å². The Bertz CT molecular complexity index is 511. The molecule has 0 bridgehead atoms. The lowest BCUT2D eigenvalue weighted by atomic mass is 10.1. The lowest BCUT2D eigenvalue weighted by molar-refractivity contribution is 0.162. The first-order chi connectivity index (χ1) is 9.00. The lowest BCUT2D eigenvalue weighted by Gasteiger charge is -2.23. The van der Waals surface area contributed by atoms with Crippen LogP contribution in [0.15, 0.2) is 29.2 Å². The predicted molar refractivity (Wildman–Crippen MR) is 81.1 cm³/mol. The highest BCUT2D eigenvalue weighted by atomic mass is 35.5. The summed E-state index contributed by atoms with van der Waals surface area (Å²) in [4.78, 5) is 0.287. The van der Waals surface area contributed by atoms with Gasteiger partial charge in [0.1, 0.15) is 11.9 Å². The van der Waals surface area contributed by atoms with Gasteiger partial charge in [-0.25, -0.2) is 12.7 Å². The largest absolute Gasteiger partial charge is 0.490 e. The Morgan fingerprint density at radius 2 is 1.70 bits per heavy atom. The Hall–Kier alpha value is -0.820. The van der Waals surface area contributed by atoms with Crippen LogP contribution in [0.3, 0.4) is 0 Å². The van der Waals surface area contributed by atoms with Gasteiger partial charge in [-0.3, -0.25) is 0 Å². The maximum atomic E-state index is 11.9. The van der Waals surface area contributed by atoms with Crippen LogP contribution < -0.4 is 10.1 Å². The van der Waals surface area contributed by atoms with Crippen molar-refractivity contribution in [1.29, 1.82) is 0 Å². The van der Waals surface area contributed by atoms with Crippen LogP contribution in [0, 0.1) is 0 Å². The number of halogens is 1. The van der Waals surface area contributed by atoms with Gasteiger partial charge in [0.25, 0.3) is 0 Å². The summed E-state index contributed by atoms with van der Waals surface area (Å²) >= 11 is 0. The van der Waals surface area contributed by atoms with E-state index < -0.39 is 10.0 Å². The van der Waals surface area contributed by atoms with Crippen molar-refractivity contribution in [2.45, 2.75) is 23.8 Å². The Balaban J connectivity index is 0.00000200. The van der Waals surface area contributed by atoms with Gasteiger partial charge in [-0.05, 0) is 50.2 Å². The van der Waals surface area contributed by atoms with E-state index in [0.29, 0.717) is 0 Å². The zero-order chi connectivity index (χ0) is 13.9. The summed E-state index contributed by atoms with van der Waals surface area (Å²) in [6, 6.07) is 6.62. The average Bonchev–Trinajstić information content (AvgIpc) is 2.40. The molecule has 0 unspecified atom stereocenters. The van der Waals surface area contributed by atoms with Crippen molar-refractivity contribution >= 4 is 22.4 Å². The molecular weight excluding hydrogens is 300 g/mol. The van der Waals surface area contributed by atoms with E-state index in [1.165, 1.54) is 18.4 Å². The number of benzene rings is 1. The van der Waals surface area contributed by atoms with Crippen LogP contribution in [-0.2, 0) is 10.0 Å². The van der Waals surface area contributed by atoms with Crippen molar-refractivity contribution in [2.24, 2.45) is 0 Å². The van der Waals surface area contributed by atoms with Crippen LogP contribution in [0.25, 0.3) is 0 Å². The first kappa shape index (κ1) is 17.2. The molecule has 0 amide bonds. The number of rotatable bonds is 4. The van der Waals surface area contributed by atoms with Crippen LogP contribution in [0.4, 0.5) is 0 Å². The highest BCUT2D eigenvalue weighted by Gasteiger charge is 2.18. The second-order valence-corrected chi connectivity index (χ2v) is 6.98. The molecule has 0 aliphatic carbocycles. The van der Waals surface area contributed by atoms with Crippen LogP contribution in [0.2, 0.25) is 0 Å². The molecule has 2 rings (SSSR count). The van der Waals surface area contributed by atoms with E-state index in [9.17, 15) is 8.42 Å². The van der Waals surface area contributed by atoms with E-state index in [4.69, 9.17) is 4.74 Å². The number of hydrogen-bond donors (Lipinski definition) is 1. The molecule has 0 spiro atoms. The van der Waals surface area contributed by atoms with Crippen molar-refractivity contribution in [2.75, 3.05) is 27.2 Å². The Kier molecular flexibility index (Phi) is 6.26. The fourth-order valence-corrected chi connectivity index (χ4v) is 2.91. The smallest absolute Gasteiger partial charge is 0.242 e. The summed E-state index contributed by atoms with van der Waals surface area (Å²) in [5, 5.41) is 3.28. The molecule has 0 radical (unpaired) electrons. The molecule has 0 saturated carbocycles.